The summed E-state index contributed by atoms with van der Waals surface area (Å²) in [4.78, 5) is 11.3. The van der Waals surface area contributed by atoms with Gasteiger partial charge in [-0.1, -0.05) is 47.7 Å². The van der Waals surface area contributed by atoms with Crippen LogP contribution in [0.5, 0.6) is 0 Å². The Balaban J connectivity index is 1.30. The fraction of sp³-hybridized carbons (Fsp3) is 0.111. The Morgan fingerprint density at radius 1 is 0.676 bits per heavy atom. The molecule has 4 heterocycles. The maximum absolute atomic E-state index is 6.17. The number of benzene rings is 2. The van der Waals surface area contributed by atoms with Crippen LogP contribution in [0, 0.1) is 0 Å². The Labute approximate surface area is 196 Å². The first-order chi connectivity index (χ1) is 16.8. The summed E-state index contributed by atoms with van der Waals surface area (Å²) < 4.78 is 7.96. The summed E-state index contributed by atoms with van der Waals surface area (Å²) in [6.07, 6.45) is 5.60. The van der Waals surface area contributed by atoms with Crippen LogP contribution < -0.4 is 0 Å². The molecule has 0 atom stereocenters. The number of pyridine rings is 2. The molecule has 7 heteroatoms. The largest absolute Gasteiger partial charge is 0.454 e. The monoisotopic (exact) mass is 446 g/mol. The minimum Gasteiger partial charge on any atom is -0.454 e. The summed E-state index contributed by atoms with van der Waals surface area (Å²) in [6.45, 7) is 1.98. The molecule has 4 aromatic heterocycles. The lowest BCUT2D eigenvalue weighted by atomic mass is 10.1. The quantitative estimate of drug-likeness (QED) is 0.337. The molecule has 34 heavy (non-hydrogen) atoms. The summed E-state index contributed by atoms with van der Waals surface area (Å²) in [7, 11) is 0. The van der Waals surface area contributed by atoms with Crippen LogP contribution in [0.4, 0.5) is 0 Å². The van der Waals surface area contributed by atoms with Crippen LogP contribution in [0.25, 0.3) is 27.6 Å². The fourth-order valence-electron chi connectivity index (χ4n) is 4.24. The van der Waals surface area contributed by atoms with Crippen LogP contribution in [0.15, 0.2) is 102 Å². The van der Waals surface area contributed by atoms with E-state index in [1.165, 1.54) is 0 Å². The molecule has 0 saturated carbocycles. The predicted molar refractivity (Wildman–Crippen MR) is 130 cm³/mol. The Kier molecular flexibility index (Phi) is 5.29. The van der Waals surface area contributed by atoms with Crippen molar-refractivity contribution in [3.63, 3.8) is 0 Å². The molecule has 0 N–H and O–H groups in total. The summed E-state index contributed by atoms with van der Waals surface area (Å²) in [6, 6.07) is 26.1. The van der Waals surface area contributed by atoms with Gasteiger partial charge in [0.05, 0.1) is 23.3 Å². The molecule has 0 spiro atoms. The Hall–Kier alpha value is -4.36. The second kappa shape index (κ2) is 8.88. The molecule has 6 rings (SSSR count). The smallest absolute Gasteiger partial charge is 0.161 e. The third-order valence-electron chi connectivity index (χ3n) is 5.78. The molecule has 0 saturated heterocycles. The molecule has 7 nitrogen and oxygen atoms in total. The number of fused-ring (bicyclic) bond motifs is 3. The average molecular weight is 447 g/mol. The molecule has 0 amide bonds. The van der Waals surface area contributed by atoms with Crippen molar-refractivity contribution in [1.82, 2.24) is 29.9 Å². The van der Waals surface area contributed by atoms with Gasteiger partial charge in [-0.2, -0.15) is 0 Å². The molecule has 0 aliphatic rings. The fourth-order valence-corrected chi connectivity index (χ4v) is 4.24. The first-order valence-corrected chi connectivity index (χ1v) is 11.2. The van der Waals surface area contributed by atoms with Gasteiger partial charge in [0.25, 0.3) is 0 Å². The van der Waals surface area contributed by atoms with E-state index in [0.717, 1.165) is 44.7 Å². The van der Waals surface area contributed by atoms with Gasteiger partial charge in [-0.15, -0.1) is 5.10 Å². The molecule has 0 aliphatic carbocycles. The van der Waals surface area contributed by atoms with E-state index in [2.05, 4.69) is 37.3 Å². The molecule has 0 radical (unpaired) electrons. The number of hydrogen-bond donors (Lipinski definition) is 0. The van der Waals surface area contributed by atoms with E-state index in [9.17, 15) is 0 Å². The number of rotatable bonds is 7. The van der Waals surface area contributed by atoms with Crippen LogP contribution in [0.2, 0.25) is 0 Å². The molecule has 0 unspecified atom stereocenters. The lowest BCUT2D eigenvalue weighted by Crippen LogP contribution is -2.23. The van der Waals surface area contributed by atoms with Gasteiger partial charge in [0.15, 0.2) is 5.58 Å². The second-order valence-electron chi connectivity index (χ2n) is 8.19. The molecule has 0 aliphatic heterocycles. The van der Waals surface area contributed by atoms with Gasteiger partial charge in [-0.3, -0.25) is 14.9 Å². The molecule has 2 aromatic carbocycles. The van der Waals surface area contributed by atoms with Crippen LogP contribution in [0.1, 0.15) is 17.1 Å². The minimum absolute atomic E-state index is 0.614. The topological polar surface area (TPSA) is 72.9 Å². The average Bonchev–Trinajstić information content (AvgIpc) is 3.50. The van der Waals surface area contributed by atoms with Crippen molar-refractivity contribution >= 4 is 21.9 Å². The second-order valence-corrected chi connectivity index (χ2v) is 8.19. The van der Waals surface area contributed by atoms with Crippen molar-refractivity contribution in [2.75, 3.05) is 0 Å². The lowest BCUT2D eigenvalue weighted by Gasteiger charge is -2.20. The van der Waals surface area contributed by atoms with E-state index in [4.69, 9.17) is 4.42 Å². The Morgan fingerprint density at radius 3 is 2.09 bits per heavy atom. The maximum atomic E-state index is 6.17. The third-order valence-corrected chi connectivity index (χ3v) is 5.78. The van der Waals surface area contributed by atoms with E-state index < -0.39 is 0 Å². The summed E-state index contributed by atoms with van der Waals surface area (Å²) >= 11 is 0. The van der Waals surface area contributed by atoms with Crippen molar-refractivity contribution in [3.8, 4) is 5.69 Å². The number of furan rings is 1. The highest BCUT2D eigenvalue weighted by molar-refractivity contribution is 6.07. The molecule has 0 bridgehead atoms. The van der Waals surface area contributed by atoms with Crippen molar-refractivity contribution in [3.05, 3.63) is 115 Å². The lowest BCUT2D eigenvalue weighted by molar-refractivity contribution is 0.238. The number of hydrogen-bond acceptors (Lipinski definition) is 6. The molecular formula is C27H22N6O. The van der Waals surface area contributed by atoms with Gasteiger partial charge in [0, 0.05) is 42.8 Å². The van der Waals surface area contributed by atoms with E-state index in [1.807, 2.05) is 85.3 Å². The standard InChI is InChI=1S/C27H22N6O/c1-2-13-26-23(10-1)24-11-7-12-25(27(24)34-26)33-19-22(30-31-33)18-32(16-20-8-3-5-14-28-20)17-21-9-4-6-15-29-21/h1-15,19H,16-18H2. The highest BCUT2D eigenvalue weighted by atomic mass is 16.3. The molecule has 0 fully saturated rings. The Bertz CT molecular complexity index is 1500. The van der Waals surface area contributed by atoms with Crippen LogP contribution in [-0.2, 0) is 19.6 Å². The molecule has 6 aromatic rings. The van der Waals surface area contributed by atoms with Crippen LogP contribution in [0.3, 0.4) is 0 Å². The third kappa shape index (κ3) is 4.04. The molecule has 166 valence electrons. The Morgan fingerprint density at radius 2 is 1.35 bits per heavy atom. The summed E-state index contributed by atoms with van der Waals surface area (Å²) in [5.41, 5.74) is 5.39. The van der Waals surface area contributed by atoms with Crippen LogP contribution >= 0.6 is 0 Å². The van der Waals surface area contributed by atoms with E-state index in [-0.39, 0.29) is 0 Å². The highest BCUT2D eigenvalue weighted by Crippen LogP contribution is 2.32. The van der Waals surface area contributed by atoms with Crippen molar-refractivity contribution < 1.29 is 4.42 Å². The SMILES string of the molecule is c1ccc(CN(Cc2ccccn2)Cc2cn(-c3cccc4c3oc3ccccc34)nn2)nc1. The summed E-state index contributed by atoms with van der Waals surface area (Å²) in [5.74, 6) is 0. The van der Waals surface area contributed by atoms with Crippen LogP contribution in [-0.4, -0.2) is 29.9 Å². The van der Waals surface area contributed by atoms with Gasteiger partial charge in [-0.05, 0) is 36.4 Å². The zero-order valence-electron chi connectivity index (χ0n) is 18.5. The van der Waals surface area contributed by atoms with Gasteiger partial charge in [-0.25, -0.2) is 4.68 Å². The van der Waals surface area contributed by atoms with E-state index in [0.29, 0.717) is 19.6 Å². The predicted octanol–water partition coefficient (Wildman–Crippen LogP) is 5.16. The van der Waals surface area contributed by atoms with Crippen molar-refractivity contribution in [1.29, 1.82) is 0 Å². The zero-order valence-corrected chi connectivity index (χ0v) is 18.5. The zero-order chi connectivity index (χ0) is 22.7. The van der Waals surface area contributed by atoms with Gasteiger partial charge < -0.3 is 4.42 Å². The van der Waals surface area contributed by atoms with Gasteiger partial charge in [0.2, 0.25) is 0 Å². The first kappa shape index (κ1) is 20.3. The minimum atomic E-state index is 0.614. The highest BCUT2D eigenvalue weighted by Gasteiger charge is 2.15. The van der Waals surface area contributed by atoms with Crippen molar-refractivity contribution in [2.45, 2.75) is 19.6 Å². The normalized spacial score (nSPS) is 11.6. The van der Waals surface area contributed by atoms with Gasteiger partial charge >= 0.3 is 0 Å². The molecular weight excluding hydrogens is 424 g/mol. The first-order valence-electron chi connectivity index (χ1n) is 11.2. The van der Waals surface area contributed by atoms with E-state index in [1.54, 1.807) is 4.68 Å². The van der Waals surface area contributed by atoms with Crippen molar-refractivity contribution in [2.24, 2.45) is 0 Å². The number of para-hydroxylation sites is 2. The summed E-state index contributed by atoms with van der Waals surface area (Å²) in [5, 5.41) is 11.0. The maximum Gasteiger partial charge on any atom is 0.161 e. The number of aromatic nitrogens is 5. The number of nitrogens with zero attached hydrogens (tertiary/aromatic N) is 6. The van der Waals surface area contributed by atoms with E-state index >= 15 is 0 Å². The van der Waals surface area contributed by atoms with Gasteiger partial charge in [0.1, 0.15) is 11.3 Å².